The van der Waals surface area contributed by atoms with Gasteiger partial charge in [0.25, 0.3) is 5.91 Å². The van der Waals surface area contributed by atoms with Crippen LogP contribution in [0.15, 0.2) is 48.5 Å². The van der Waals surface area contributed by atoms with E-state index in [1.807, 2.05) is 31.2 Å². The first kappa shape index (κ1) is 21.2. The van der Waals surface area contributed by atoms with Crippen LogP contribution >= 0.6 is 0 Å². The van der Waals surface area contributed by atoms with Crippen LogP contribution < -0.4 is 20.1 Å². The van der Waals surface area contributed by atoms with Crippen molar-refractivity contribution in [3.05, 3.63) is 59.9 Å². The first-order valence-corrected chi connectivity index (χ1v) is 10.1. The minimum absolute atomic E-state index is 0.252. The van der Waals surface area contributed by atoms with Gasteiger partial charge in [0.15, 0.2) is 0 Å². The number of hydrogen-bond acceptors (Lipinski definition) is 5. The van der Waals surface area contributed by atoms with Crippen LogP contribution in [-0.2, 0) is 4.79 Å². The minimum atomic E-state index is -0.791. The maximum atomic E-state index is 12.9. The van der Waals surface area contributed by atoms with E-state index in [-0.39, 0.29) is 11.6 Å². The molecule has 3 N–H and O–H groups in total. The molecule has 0 fully saturated rings. The molecule has 0 aliphatic carbocycles. The summed E-state index contributed by atoms with van der Waals surface area (Å²) in [5.41, 5.74) is 3.33. The number of amides is 2. The Hall–Kier alpha value is -4.07. The van der Waals surface area contributed by atoms with Gasteiger partial charge in [-0.25, -0.2) is 4.98 Å². The molecule has 2 heterocycles. The molecule has 4 aromatic rings. The van der Waals surface area contributed by atoms with Gasteiger partial charge in [0.2, 0.25) is 5.91 Å². The fourth-order valence-corrected chi connectivity index (χ4v) is 3.59. The summed E-state index contributed by atoms with van der Waals surface area (Å²) in [5.74, 6) is 0.288. The number of para-hydroxylation sites is 1. The molecule has 164 valence electrons. The van der Waals surface area contributed by atoms with Gasteiger partial charge in [-0.15, -0.1) is 0 Å². The number of nitrogens with zero attached hydrogens (tertiary/aromatic N) is 1. The number of aromatic amines is 1. The number of nitrogens with one attached hydrogen (secondary N) is 3. The first-order chi connectivity index (χ1) is 15.4. The van der Waals surface area contributed by atoms with Crippen molar-refractivity contribution >= 4 is 39.3 Å². The number of H-pyrrole nitrogens is 1. The second-order valence-corrected chi connectivity index (χ2v) is 7.47. The van der Waals surface area contributed by atoms with Crippen molar-refractivity contribution in [1.82, 2.24) is 15.3 Å². The molecule has 0 aliphatic heterocycles. The summed E-state index contributed by atoms with van der Waals surface area (Å²) >= 11 is 0. The molecule has 32 heavy (non-hydrogen) atoms. The van der Waals surface area contributed by atoms with E-state index in [0.717, 1.165) is 21.8 Å². The molecule has 4 rings (SSSR count). The summed E-state index contributed by atoms with van der Waals surface area (Å²) < 4.78 is 10.4. The molecule has 0 saturated carbocycles. The molecule has 0 radical (unpaired) electrons. The lowest BCUT2D eigenvalue weighted by Crippen LogP contribution is -2.41. The quantitative estimate of drug-likeness (QED) is 0.430. The summed E-state index contributed by atoms with van der Waals surface area (Å²) in [4.78, 5) is 33.3. The number of pyridine rings is 1. The maximum absolute atomic E-state index is 12.9. The summed E-state index contributed by atoms with van der Waals surface area (Å²) in [5, 5.41) is 7.42. The summed E-state index contributed by atoms with van der Waals surface area (Å²) in [7, 11) is 3.06. The Balaban J connectivity index is 1.53. The number of rotatable bonds is 6. The number of aryl methyl sites for hydroxylation is 1. The zero-order valence-corrected chi connectivity index (χ0v) is 18.3. The standard InChI is InChI=1S/C24H24N4O4/c1-13-22-19(18-7-5-6-8-20(18)28-22)12-21(25-13)24(30)26-14(2)23(29)27-15-9-16(31-3)11-17(10-15)32-4/h5-12,14,28H,1-4H3,(H,26,30)(H,27,29). The van der Waals surface area contributed by atoms with E-state index in [1.54, 1.807) is 31.2 Å². The van der Waals surface area contributed by atoms with Crippen LogP contribution in [0.4, 0.5) is 5.69 Å². The Morgan fingerprint density at radius 1 is 1.00 bits per heavy atom. The van der Waals surface area contributed by atoms with Crippen LogP contribution in [0.1, 0.15) is 23.1 Å². The molecular weight excluding hydrogens is 408 g/mol. The number of benzene rings is 2. The lowest BCUT2D eigenvalue weighted by atomic mass is 10.1. The highest BCUT2D eigenvalue weighted by Crippen LogP contribution is 2.28. The van der Waals surface area contributed by atoms with E-state index in [0.29, 0.717) is 22.9 Å². The van der Waals surface area contributed by atoms with Crippen molar-refractivity contribution in [3.8, 4) is 11.5 Å². The lowest BCUT2D eigenvalue weighted by molar-refractivity contribution is -0.117. The van der Waals surface area contributed by atoms with Gasteiger partial charge in [-0.1, -0.05) is 18.2 Å². The zero-order valence-electron chi connectivity index (χ0n) is 18.3. The van der Waals surface area contributed by atoms with Crippen LogP contribution in [0.25, 0.3) is 21.8 Å². The Morgan fingerprint density at radius 2 is 1.69 bits per heavy atom. The summed E-state index contributed by atoms with van der Waals surface area (Å²) in [6.07, 6.45) is 0. The average Bonchev–Trinajstić information content (AvgIpc) is 3.18. The molecule has 2 aromatic carbocycles. The third-order valence-corrected chi connectivity index (χ3v) is 5.27. The number of ether oxygens (including phenoxy) is 2. The third kappa shape index (κ3) is 4.07. The van der Waals surface area contributed by atoms with Crippen LogP contribution in [-0.4, -0.2) is 42.0 Å². The second-order valence-electron chi connectivity index (χ2n) is 7.47. The Labute approximate surface area is 184 Å². The van der Waals surface area contributed by atoms with Gasteiger partial charge in [-0.05, 0) is 26.0 Å². The molecule has 0 saturated heterocycles. The van der Waals surface area contributed by atoms with Crippen LogP contribution in [0, 0.1) is 6.92 Å². The lowest BCUT2D eigenvalue weighted by Gasteiger charge is -2.15. The van der Waals surface area contributed by atoms with Gasteiger partial charge >= 0.3 is 0 Å². The van der Waals surface area contributed by atoms with Crippen molar-refractivity contribution in [2.24, 2.45) is 0 Å². The van der Waals surface area contributed by atoms with Gasteiger partial charge in [-0.3, -0.25) is 9.59 Å². The highest BCUT2D eigenvalue weighted by atomic mass is 16.5. The Kier molecular flexibility index (Phi) is 5.68. The van der Waals surface area contributed by atoms with Crippen molar-refractivity contribution in [1.29, 1.82) is 0 Å². The van der Waals surface area contributed by atoms with E-state index in [1.165, 1.54) is 14.2 Å². The van der Waals surface area contributed by atoms with Crippen LogP contribution in [0.5, 0.6) is 11.5 Å². The number of aromatic nitrogens is 2. The number of hydrogen-bond donors (Lipinski definition) is 3. The number of anilines is 1. The molecule has 0 spiro atoms. The molecule has 8 nitrogen and oxygen atoms in total. The molecule has 0 bridgehead atoms. The monoisotopic (exact) mass is 432 g/mol. The largest absolute Gasteiger partial charge is 0.497 e. The minimum Gasteiger partial charge on any atom is -0.497 e. The van der Waals surface area contributed by atoms with E-state index < -0.39 is 11.9 Å². The number of methoxy groups -OCH3 is 2. The fraction of sp³-hybridized carbons (Fsp3) is 0.208. The molecule has 2 amide bonds. The van der Waals surface area contributed by atoms with Gasteiger partial charge in [0, 0.05) is 40.2 Å². The van der Waals surface area contributed by atoms with E-state index in [9.17, 15) is 9.59 Å². The molecule has 2 aromatic heterocycles. The van der Waals surface area contributed by atoms with Gasteiger partial charge in [-0.2, -0.15) is 0 Å². The van der Waals surface area contributed by atoms with Crippen molar-refractivity contribution in [2.75, 3.05) is 19.5 Å². The second kappa shape index (κ2) is 8.58. The summed E-state index contributed by atoms with van der Waals surface area (Å²) in [6, 6.07) is 13.9. The van der Waals surface area contributed by atoms with Crippen molar-refractivity contribution in [3.63, 3.8) is 0 Å². The van der Waals surface area contributed by atoms with Crippen LogP contribution in [0.2, 0.25) is 0 Å². The highest BCUT2D eigenvalue weighted by Gasteiger charge is 2.20. The smallest absolute Gasteiger partial charge is 0.270 e. The topological polar surface area (TPSA) is 105 Å². The fourth-order valence-electron chi connectivity index (χ4n) is 3.59. The molecule has 1 unspecified atom stereocenters. The van der Waals surface area contributed by atoms with E-state index in [2.05, 4.69) is 20.6 Å². The van der Waals surface area contributed by atoms with Gasteiger partial charge in [0.1, 0.15) is 23.2 Å². The average molecular weight is 432 g/mol. The number of fused-ring (bicyclic) bond motifs is 3. The van der Waals surface area contributed by atoms with E-state index in [4.69, 9.17) is 9.47 Å². The van der Waals surface area contributed by atoms with Crippen molar-refractivity contribution < 1.29 is 19.1 Å². The Bertz CT molecular complexity index is 1310. The maximum Gasteiger partial charge on any atom is 0.270 e. The SMILES string of the molecule is COc1cc(NC(=O)C(C)NC(=O)c2cc3c([nH]c4ccccc43)c(C)n2)cc(OC)c1. The highest BCUT2D eigenvalue weighted by molar-refractivity contribution is 6.10. The van der Waals surface area contributed by atoms with Gasteiger partial charge in [0.05, 0.1) is 25.4 Å². The number of carbonyl (C=O) groups is 2. The van der Waals surface area contributed by atoms with E-state index >= 15 is 0 Å². The molecule has 0 aliphatic rings. The van der Waals surface area contributed by atoms with Crippen molar-refractivity contribution in [2.45, 2.75) is 19.9 Å². The molecule has 1 atom stereocenters. The first-order valence-electron chi connectivity index (χ1n) is 10.1. The predicted molar refractivity (Wildman–Crippen MR) is 123 cm³/mol. The normalized spacial score (nSPS) is 11.9. The molecule has 8 heteroatoms. The van der Waals surface area contributed by atoms with Crippen LogP contribution in [0.3, 0.4) is 0 Å². The Morgan fingerprint density at radius 3 is 2.38 bits per heavy atom. The van der Waals surface area contributed by atoms with Gasteiger partial charge < -0.3 is 25.1 Å². The predicted octanol–water partition coefficient (Wildman–Crippen LogP) is 3.80. The third-order valence-electron chi connectivity index (χ3n) is 5.27. The molecular formula is C24H24N4O4. The summed E-state index contributed by atoms with van der Waals surface area (Å²) in [6.45, 7) is 3.46. The number of carbonyl (C=O) groups excluding carboxylic acids is 2. The zero-order chi connectivity index (χ0) is 22.8.